The van der Waals surface area contributed by atoms with Crippen molar-refractivity contribution < 1.29 is 24.0 Å². The molecule has 0 aliphatic carbocycles. The average molecular weight is 406 g/mol. The van der Waals surface area contributed by atoms with Crippen molar-refractivity contribution in [2.45, 2.75) is 39.2 Å². The van der Waals surface area contributed by atoms with E-state index in [9.17, 15) is 24.5 Å². The molecule has 1 aliphatic rings. The van der Waals surface area contributed by atoms with Crippen LogP contribution in [0.2, 0.25) is 0 Å². The molecule has 1 fully saturated rings. The second kappa shape index (κ2) is 10.4. The number of amides is 3. The van der Waals surface area contributed by atoms with E-state index in [1.54, 1.807) is 25.1 Å². The largest absolute Gasteiger partial charge is 0.455 e. The molecule has 0 unspecified atom stereocenters. The normalized spacial score (nSPS) is 15.3. The van der Waals surface area contributed by atoms with Gasteiger partial charge in [0.25, 0.3) is 11.6 Å². The van der Waals surface area contributed by atoms with E-state index in [-0.39, 0.29) is 11.7 Å². The van der Waals surface area contributed by atoms with Crippen LogP contribution in [0.4, 0.5) is 16.2 Å². The molecule has 0 radical (unpaired) electrons. The minimum Gasteiger partial charge on any atom is -0.455 e. The average Bonchev–Trinajstić information content (AvgIpc) is 2.71. The number of imide groups is 1. The zero-order chi connectivity index (χ0) is 21.4. The first-order valence-corrected chi connectivity index (χ1v) is 9.57. The highest BCUT2D eigenvalue weighted by Crippen LogP contribution is 2.31. The summed E-state index contributed by atoms with van der Waals surface area (Å²) in [5, 5.41) is 15.9. The van der Waals surface area contributed by atoms with Gasteiger partial charge in [-0.3, -0.25) is 25.0 Å². The molecular weight excluding hydrogens is 380 g/mol. The number of nitrogens with zero attached hydrogens (tertiary/aromatic N) is 2. The molecule has 0 saturated carbocycles. The Kier molecular flexibility index (Phi) is 7.93. The Morgan fingerprint density at radius 2 is 1.93 bits per heavy atom. The van der Waals surface area contributed by atoms with Crippen LogP contribution >= 0.6 is 0 Å². The molecule has 3 amide bonds. The molecule has 29 heavy (non-hydrogen) atoms. The summed E-state index contributed by atoms with van der Waals surface area (Å²) in [5.41, 5.74) is 0.553. The van der Waals surface area contributed by atoms with Gasteiger partial charge < -0.3 is 15.0 Å². The number of piperidine rings is 1. The third-order valence-corrected chi connectivity index (χ3v) is 4.84. The zero-order valence-corrected chi connectivity index (χ0v) is 16.6. The highest BCUT2D eigenvalue weighted by atomic mass is 16.6. The number of rotatable bonds is 7. The number of carbonyl (C=O) groups is 3. The standard InChI is InChI=1S/C19H26N4O6/c1-3-13(2)20-19(26)21-17(24)12-29-18(25)14-8-10-22(11-9-14)15-6-4-5-7-16(15)23(27)28/h4-7,13-14H,3,8-12H2,1-2H3,(H2,20,21,24,26)/t13-/m0/s1. The van der Waals surface area contributed by atoms with Gasteiger partial charge in [-0.2, -0.15) is 0 Å². The summed E-state index contributed by atoms with van der Waals surface area (Å²) in [7, 11) is 0. The van der Waals surface area contributed by atoms with Gasteiger partial charge in [0.1, 0.15) is 5.69 Å². The zero-order valence-electron chi connectivity index (χ0n) is 16.6. The van der Waals surface area contributed by atoms with E-state index in [0.717, 1.165) is 6.42 Å². The van der Waals surface area contributed by atoms with Gasteiger partial charge in [0.2, 0.25) is 0 Å². The Labute approximate surface area is 168 Å². The molecule has 0 bridgehead atoms. The van der Waals surface area contributed by atoms with E-state index in [1.165, 1.54) is 6.07 Å². The van der Waals surface area contributed by atoms with Crippen molar-refractivity contribution in [2.24, 2.45) is 5.92 Å². The van der Waals surface area contributed by atoms with Crippen LogP contribution in [-0.2, 0) is 14.3 Å². The van der Waals surface area contributed by atoms with Gasteiger partial charge in [0.15, 0.2) is 6.61 Å². The number of esters is 1. The summed E-state index contributed by atoms with van der Waals surface area (Å²) < 4.78 is 5.02. The number of nitro groups is 1. The maximum absolute atomic E-state index is 12.2. The summed E-state index contributed by atoms with van der Waals surface area (Å²) >= 11 is 0. The van der Waals surface area contributed by atoms with Gasteiger partial charge in [-0.05, 0) is 32.3 Å². The number of urea groups is 1. The molecule has 2 rings (SSSR count). The lowest BCUT2D eigenvalue weighted by Gasteiger charge is -2.32. The predicted molar refractivity (Wildman–Crippen MR) is 105 cm³/mol. The molecule has 10 heteroatoms. The second-order valence-corrected chi connectivity index (χ2v) is 6.95. The minimum atomic E-state index is -0.698. The monoisotopic (exact) mass is 406 g/mol. The Bertz CT molecular complexity index is 761. The third-order valence-electron chi connectivity index (χ3n) is 4.84. The van der Waals surface area contributed by atoms with Crippen LogP contribution in [-0.4, -0.2) is 48.6 Å². The number of anilines is 1. The van der Waals surface area contributed by atoms with Crippen molar-refractivity contribution in [3.8, 4) is 0 Å². The summed E-state index contributed by atoms with van der Waals surface area (Å²) in [6, 6.07) is 5.78. The van der Waals surface area contributed by atoms with Crippen LogP contribution in [0.5, 0.6) is 0 Å². The van der Waals surface area contributed by atoms with Crippen LogP contribution < -0.4 is 15.5 Å². The number of hydrogen-bond acceptors (Lipinski definition) is 7. The quantitative estimate of drug-likeness (QED) is 0.402. The van der Waals surface area contributed by atoms with Crippen molar-refractivity contribution in [3.05, 3.63) is 34.4 Å². The van der Waals surface area contributed by atoms with Crippen LogP contribution in [0, 0.1) is 16.0 Å². The smallest absolute Gasteiger partial charge is 0.321 e. The van der Waals surface area contributed by atoms with Gasteiger partial charge in [0.05, 0.1) is 10.8 Å². The molecular formula is C19H26N4O6. The molecule has 1 heterocycles. The lowest BCUT2D eigenvalue weighted by Crippen LogP contribution is -2.45. The molecule has 10 nitrogen and oxygen atoms in total. The number of ether oxygens (including phenoxy) is 1. The summed E-state index contributed by atoms with van der Waals surface area (Å²) in [5.74, 6) is -1.60. The molecule has 158 valence electrons. The Balaban J connectivity index is 1.78. The Hall–Kier alpha value is -3.17. The fourth-order valence-corrected chi connectivity index (χ4v) is 3.02. The molecule has 1 aromatic rings. The van der Waals surface area contributed by atoms with Crippen LogP contribution in [0.25, 0.3) is 0 Å². The maximum atomic E-state index is 12.2. The van der Waals surface area contributed by atoms with Crippen LogP contribution in [0.1, 0.15) is 33.1 Å². The fraction of sp³-hybridized carbons (Fsp3) is 0.526. The number of para-hydroxylation sites is 2. The first-order chi connectivity index (χ1) is 13.8. The van der Waals surface area contributed by atoms with Gasteiger partial charge >= 0.3 is 12.0 Å². The topological polar surface area (TPSA) is 131 Å². The van der Waals surface area contributed by atoms with E-state index in [4.69, 9.17) is 4.74 Å². The number of nitrogens with one attached hydrogen (secondary N) is 2. The molecule has 0 spiro atoms. The molecule has 1 atom stereocenters. The van der Waals surface area contributed by atoms with Gasteiger partial charge in [0, 0.05) is 25.2 Å². The van der Waals surface area contributed by atoms with Crippen LogP contribution in [0.15, 0.2) is 24.3 Å². The van der Waals surface area contributed by atoms with E-state index >= 15 is 0 Å². The summed E-state index contributed by atoms with van der Waals surface area (Å²) in [6.07, 6.45) is 1.64. The predicted octanol–water partition coefficient (Wildman–Crippen LogP) is 1.98. The Morgan fingerprint density at radius 3 is 2.55 bits per heavy atom. The number of hydrogen-bond donors (Lipinski definition) is 2. The van der Waals surface area contributed by atoms with Crippen molar-refractivity contribution in [3.63, 3.8) is 0 Å². The Morgan fingerprint density at radius 1 is 1.28 bits per heavy atom. The number of benzene rings is 1. The first-order valence-electron chi connectivity index (χ1n) is 9.57. The van der Waals surface area contributed by atoms with E-state index < -0.39 is 35.4 Å². The number of nitro benzene ring substituents is 1. The number of carbonyl (C=O) groups excluding carboxylic acids is 3. The molecule has 2 N–H and O–H groups in total. The van der Waals surface area contributed by atoms with Gasteiger partial charge in [-0.25, -0.2) is 4.79 Å². The highest BCUT2D eigenvalue weighted by Gasteiger charge is 2.29. The first kappa shape index (κ1) is 22.1. The van der Waals surface area contributed by atoms with E-state index in [0.29, 0.717) is 31.6 Å². The van der Waals surface area contributed by atoms with Gasteiger partial charge in [-0.15, -0.1) is 0 Å². The molecule has 1 saturated heterocycles. The van der Waals surface area contributed by atoms with Crippen molar-refractivity contribution in [2.75, 3.05) is 24.6 Å². The van der Waals surface area contributed by atoms with Crippen molar-refractivity contribution in [1.82, 2.24) is 10.6 Å². The van der Waals surface area contributed by atoms with E-state index in [1.807, 2.05) is 11.8 Å². The van der Waals surface area contributed by atoms with E-state index in [2.05, 4.69) is 10.6 Å². The lowest BCUT2D eigenvalue weighted by atomic mass is 9.96. The maximum Gasteiger partial charge on any atom is 0.321 e. The second-order valence-electron chi connectivity index (χ2n) is 6.95. The van der Waals surface area contributed by atoms with Crippen molar-refractivity contribution in [1.29, 1.82) is 0 Å². The van der Waals surface area contributed by atoms with Crippen LogP contribution in [0.3, 0.4) is 0 Å². The fourth-order valence-electron chi connectivity index (χ4n) is 3.02. The summed E-state index contributed by atoms with van der Waals surface area (Å²) in [4.78, 5) is 48.1. The summed E-state index contributed by atoms with van der Waals surface area (Å²) in [6.45, 7) is 4.11. The molecule has 1 aromatic carbocycles. The third kappa shape index (κ3) is 6.44. The van der Waals surface area contributed by atoms with Crippen molar-refractivity contribution >= 4 is 29.3 Å². The minimum absolute atomic E-state index is 0.0286. The molecule has 0 aromatic heterocycles. The SMILES string of the molecule is CC[C@H](C)NC(=O)NC(=O)COC(=O)C1CCN(c2ccccc2[N+](=O)[O-])CC1. The lowest BCUT2D eigenvalue weighted by molar-refractivity contribution is -0.384. The molecule has 1 aliphatic heterocycles. The van der Waals surface area contributed by atoms with Gasteiger partial charge in [-0.1, -0.05) is 19.1 Å². The highest BCUT2D eigenvalue weighted by molar-refractivity contribution is 5.95.